The van der Waals surface area contributed by atoms with Gasteiger partial charge in [0, 0.05) is 6.54 Å². The summed E-state index contributed by atoms with van der Waals surface area (Å²) < 4.78 is 21.0. The minimum atomic E-state index is -1.89. The fourth-order valence-corrected chi connectivity index (χ4v) is 2.53. The Hall–Kier alpha value is -2.08. The summed E-state index contributed by atoms with van der Waals surface area (Å²) in [6.45, 7) is -0.950. The molecule has 120 valence electrons. The van der Waals surface area contributed by atoms with E-state index in [1.165, 1.54) is 0 Å². The lowest BCUT2D eigenvalue weighted by Crippen LogP contribution is -2.51. The molecule has 0 radical (unpaired) electrons. The van der Waals surface area contributed by atoms with Crippen LogP contribution in [-0.2, 0) is 4.74 Å². The van der Waals surface area contributed by atoms with Crippen molar-refractivity contribution in [3.63, 3.8) is 0 Å². The number of hydrogen-bond donors (Lipinski definition) is 5. The van der Waals surface area contributed by atoms with Gasteiger partial charge in [0.15, 0.2) is 23.6 Å². The van der Waals surface area contributed by atoms with Crippen molar-refractivity contribution in [1.29, 1.82) is 0 Å². The van der Waals surface area contributed by atoms with Gasteiger partial charge in [-0.25, -0.2) is 9.37 Å². The van der Waals surface area contributed by atoms with E-state index in [-0.39, 0.29) is 23.7 Å². The van der Waals surface area contributed by atoms with Crippen LogP contribution < -0.4 is 17.0 Å². The summed E-state index contributed by atoms with van der Waals surface area (Å²) in [6, 6.07) is 0. The van der Waals surface area contributed by atoms with Gasteiger partial charge >= 0.3 is 0 Å². The fraction of sp³-hybridized carbons (Fsp3) is 0.545. The van der Waals surface area contributed by atoms with Crippen molar-refractivity contribution in [1.82, 2.24) is 19.5 Å². The quantitative estimate of drug-likeness (QED) is 0.419. The molecule has 1 fully saturated rings. The maximum Gasteiger partial charge on any atom is 0.280 e. The van der Waals surface area contributed by atoms with E-state index < -0.39 is 36.3 Å². The number of aliphatic hydroxyl groups excluding tert-OH is 2. The van der Waals surface area contributed by atoms with Crippen LogP contribution >= 0.6 is 0 Å². The Kier molecular flexibility index (Phi) is 3.36. The molecule has 4 atom stereocenters. The molecule has 2 aromatic rings. The lowest BCUT2D eigenvalue weighted by molar-refractivity contribution is -0.120. The molecule has 0 amide bonds. The molecule has 10 nitrogen and oxygen atoms in total. The van der Waals surface area contributed by atoms with Gasteiger partial charge in [0.05, 0.1) is 12.9 Å². The first-order chi connectivity index (χ1) is 10.4. The molecule has 0 aliphatic carbocycles. The minimum absolute atomic E-state index is 0.00635. The Morgan fingerprint density at radius 2 is 2.32 bits per heavy atom. The molecule has 22 heavy (non-hydrogen) atoms. The van der Waals surface area contributed by atoms with E-state index in [1.54, 1.807) is 0 Å². The van der Waals surface area contributed by atoms with Gasteiger partial charge in [-0.05, 0) is 0 Å². The highest BCUT2D eigenvalue weighted by Gasteiger charge is 2.55. The van der Waals surface area contributed by atoms with Crippen molar-refractivity contribution in [3.8, 4) is 0 Å². The van der Waals surface area contributed by atoms with Crippen molar-refractivity contribution in [3.05, 3.63) is 16.7 Å². The summed E-state index contributed by atoms with van der Waals surface area (Å²) in [5.74, 6) is -0.166. The number of nitrogen functional groups attached to an aromatic ring is 1. The number of nitrogens with two attached hydrogens (primary N) is 2. The lowest BCUT2D eigenvalue weighted by atomic mass is 9.97. The standard InChI is InChI=1S/C11H15FN6O4/c12-4-6(20)11(1-13,2-19)22-9(4)18-3-15-5-7(18)16-10(14)17-8(5)21/h3-4,6,9,19-20H,1-2,13H2,(H3,14,16,17,21). The van der Waals surface area contributed by atoms with Gasteiger partial charge in [-0.2, -0.15) is 4.98 Å². The first-order valence-corrected chi connectivity index (χ1v) is 6.46. The maximum absolute atomic E-state index is 14.4. The van der Waals surface area contributed by atoms with Crippen LogP contribution in [0.1, 0.15) is 6.23 Å². The van der Waals surface area contributed by atoms with Gasteiger partial charge in [0.1, 0.15) is 11.7 Å². The van der Waals surface area contributed by atoms with E-state index in [9.17, 15) is 19.4 Å². The monoisotopic (exact) mass is 314 g/mol. The first kappa shape index (κ1) is 14.8. The van der Waals surface area contributed by atoms with Crippen LogP contribution in [-0.4, -0.2) is 60.8 Å². The van der Waals surface area contributed by atoms with Crippen LogP contribution in [0, 0.1) is 0 Å². The number of rotatable bonds is 3. The highest BCUT2D eigenvalue weighted by Crippen LogP contribution is 2.39. The molecule has 1 aliphatic heterocycles. The van der Waals surface area contributed by atoms with Crippen molar-refractivity contribution in [2.45, 2.75) is 24.1 Å². The molecule has 11 heteroatoms. The van der Waals surface area contributed by atoms with E-state index in [2.05, 4.69) is 15.0 Å². The third kappa shape index (κ3) is 1.90. The third-order valence-corrected chi connectivity index (χ3v) is 3.81. The number of halogens is 1. The van der Waals surface area contributed by atoms with Crippen molar-refractivity contribution in [2.75, 3.05) is 18.9 Å². The van der Waals surface area contributed by atoms with Crippen molar-refractivity contribution in [2.24, 2.45) is 5.73 Å². The number of aromatic amines is 1. The van der Waals surface area contributed by atoms with Crippen LogP contribution in [0.3, 0.4) is 0 Å². The number of aliphatic hydroxyl groups is 2. The van der Waals surface area contributed by atoms with Crippen LogP contribution in [0.4, 0.5) is 10.3 Å². The summed E-state index contributed by atoms with van der Waals surface area (Å²) in [6.07, 6.45) is -3.72. The third-order valence-electron chi connectivity index (χ3n) is 3.81. The number of aromatic nitrogens is 4. The molecule has 1 aliphatic rings. The van der Waals surface area contributed by atoms with Gasteiger partial charge in [0.2, 0.25) is 5.95 Å². The highest BCUT2D eigenvalue weighted by atomic mass is 19.1. The molecule has 2 aromatic heterocycles. The van der Waals surface area contributed by atoms with Gasteiger partial charge in [-0.15, -0.1) is 0 Å². The molecule has 1 saturated heterocycles. The first-order valence-electron chi connectivity index (χ1n) is 6.46. The Morgan fingerprint density at radius 3 is 2.91 bits per heavy atom. The van der Waals surface area contributed by atoms with Crippen molar-refractivity contribution < 1.29 is 19.3 Å². The second-order valence-corrected chi connectivity index (χ2v) is 5.10. The number of nitrogens with one attached hydrogen (secondary N) is 1. The number of fused-ring (bicyclic) bond motifs is 1. The van der Waals surface area contributed by atoms with E-state index in [0.29, 0.717) is 0 Å². The van der Waals surface area contributed by atoms with Crippen molar-refractivity contribution >= 4 is 17.1 Å². The van der Waals surface area contributed by atoms with Gasteiger partial charge in [0.25, 0.3) is 5.56 Å². The number of nitrogens with zero attached hydrogens (tertiary/aromatic N) is 3. The molecule has 0 aromatic carbocycles. The van der Waals surface area contributed by atoms with E-state index in [1.807, 2.05) is 0 Å². The molecular formula is C11H15FN6O4. The largest absolute Gasteiger partial charge is 0.393 e. The van der Waals surface area contributed by atoms with Crippen LogP contribution in [0.2, 0.25) is 0 Å². The topological polar surface area (TPSA) is 165 Å². The molecule has 3 rings (SSSR count). The Balaban J connectivity index is 2.11. The number of ether oxygens (including phenoxy) is 1. The van der Waals surface area contributed by atoms with Gasteiger partial charge < -0.3 is 26.4 Å². The number of hydrogen-bond acceptors (Lipinski definition) is 8. The summed E-state index contributed by atoms with van der Waals surface area (Å²) in [7, 11) is 0. The molecule has 0 spiro atoms. The minimum Gasteiger partial charge on any atom is -0.393 e. The normalized spacial score (nSPS) is 31.9. The average Bonchev–Trinajstić information content (AvgIpc) is 3.01. The summed E-state index contributed by atoms with van der Waals surface area (Å²) in [5, 5.41) is 19.3. The Morgan fingerprint density at radius 1 is 1.59 bits per heavy atom. The zero-order valence-electron chi connectivity index (χ0n) is 11.3. The summed E-state index contributed by atoms with van der Waals surface area (Å²) in [4.78, 5) is 21.7. The number of anilines is 1. The maximum atomic E-state index is 14.4. The summed E-state index contributed by atoms with van der Waals surface area (Å²) >= 11 is 0. The molecule has 7 N–H and O–H groups in total. The molecule has 3 heterocycles. The zero-order valence-corrected chi connectivity index (χ0v) is 11.3. The second kappa shape index (κ2) is 4.98. The van der Waals surface area contributed by atoms with E-state index in [0.717, 1.165) is 10.9 Å². The number of imidazole rings is 1. The van der Waals surface area contributed by atoms with Crippen LogP contribution in [0.15, 0.2) is 11.1 Å². The summed E-state index contributed by atoms with van der Waals surface area (Å²) in [5.41, 5.74) is 8.69. The van der Waals surface area contributed by atoms with Gasteiger partial charge in [-0.1, -0.05) is 0 Å². The van der Waals surface area contributed by atoms with Gasteiger partial charge in [-0.3, -0.25) is 14.3 Å². The Labute approximate surface area is 122 Å². The predicted molar refractivity (Wildman–Crippen MR) is 72.5 cm³/mol. The zero-order chi connectivity index (χ0) is 16.1. The van der Waals surface area contributed by atoms with Crippen LogP contribution in [0.25, 0.3) is 11.2 Å². The molecule has 4 unspecified atom stereocenters. The second-order valence-electron chi connectivity index (χ2n) is 5.10. The molecular weight excluding hydrogens is 299 g/mol. The SMILES string of the molecule is NCC1(CO)OC(n2cnc3c(=O)[nH]c(N)nc32)C(F)C1O. The number of alkyl halides is 1. The lowest BCUT2D eigenvalue weighted by Gasteiger charge is -2.27. The fourth-order valence-electron chi connectivity index (χ4n) is 2.53. The average molecular weight is 314 g/mol. The van der Waals surface area contributed by atoms with E-state index in [4.69, 9.17) is 16.2 Å². The smallest absolute Gasteiger partial charge is 0.280 e. The molecule has 0 saturated carbocycles. The highest BCUT2D eigenvalue weighted by molar-refractivity contribution is 5.70. The van der Waals surface area contributed by atoms with E-state index >= 15 is 0 Å². The molecule has 0 bridgehead atoms. The Bertz CT molecular complexity index is 757. The number of H-pyrrole nitrogens is 1. The van der Waals surface area contributed by atoms with Crippen LogP contribution in [0.5, 0.6) is 0 Å². The predicted octanol–water partition coefficient (Wildman–Crippen LogP) is -2.38.